The van der Waals surface area contributed by atoms with Crippen LogP contribution in [0, 0.1) is 0 Å². The summed E-state index contributed by atoms with van der Waals surface area (Å²) in [6.45, 7) is 4.60. The van der Waals surface area contributed by atoms with Crippen LogP contribution in [0.4, 0.5) is 4.79 Å². The molecule has 0 radical (unpaired) electrons. The van der Waals surface area contributed by atoms with Gasteiger partial charge in [0.1, 0.15) is 0 Å². The fraction of sp³-hybridized carbons (Fsp3) is 0.625. The number of ether oxygens (including phenoxy) is 1. The van der Waals surface area contributed by atoms with Crippen molar-refractivity contribution in [2.24, 2.45) is 0 Å². The summed E-state index contributed by atoms with van der Waals surface area (Å²) in [5.41, 5.74) is 1.15. The number of allylic oxidation sites excluding steroid dienone is 1. The van der Waals surface area contributed by atoms with E-state index in [9.17, 15) is 4.79 Å². The lowest BCUT2D eigenvalue weighted by Gasteiger charge is -2.02. The van der Waals surface area contributed by atoms with E-state index in [1.165, 1.54) is 7.11 Å². The van der Waals surface area contributed by atoms with E-state index in [2.05, 4.69) is 23.1 Å². The summed E-state index contributed by atoms with van der Waals surface area (Å²) in [5, 5.41) is 2.59. The van der Waals surface area contributed by atoms with E-state index in [1.807, 2.05) is 6.92 Å². The van der Waals surface area contributed by atoms with Crippen LogP contribution in [0.3, 0.4) is 0 Å². The van der Waals surface area contributed by atoms with Crippen molar-refractivity contribution in [1.29, 1.82) is 0 Å². The minimum absolute atomic E-state index is 0.381. The Balaban J connectivity index is 3.53. The molecule has 0 aliphatic heterocycles. The Morgan fingerprint density at radius 3 is 2.73 bits per heavy atom. The van der Waals surface area contributed by atoms with Crippen molar-refractivity contribution in [2.75, 3.05) is 13.7 Å². The Bertz CT molecular complexity index is 152. The van der Waals surface area contributed by atoms with Crippen molar-refractivity contribution in [3.63, 3.8) is 0 Å². The zero-order chi connectivity index (χ0) is 8.69. The van der Waals surface area contributed by atoms with Crippen LogP contribution in [0.2, 0.25) is 0 Å². The minimum Gasteiger partial charge on any atom is -0.453 e. The van der Waals surface area contributed by atoms with Crippen molar-refractivity contribution in [1.82, 2.24) is 5.32 Å². The van der Waals surface area contributed by atoms with Crippen LogP contribution in [-0.4, -0.2) is 19.7 Å². The molecular weight excluding hydrogens is 142 g/mol. The normalized spacial score (nSPS) is 11.0. The van der Waals surface area contributed by atoms with Crippen LogP contribution in [0.1, 0.15) is 20.3 Å². The quantitative estimate of drug-likeness (QED) is 0.633. The van der Waals surface area contributed by atoms with Crippen LogP contribution >= 0.6 is 0 Å². The standard InChI is InChI=1S/C8H15NO2/c1-4-5-7(2)6-9-8(10)11-3/h5H,4,6H2,1-3H3,(H,9,10)/b7-5+. The van der Waals surface area contributed by atoms with Gasteiger partial charge in [-0.05, 0) is 13.3 Å². The third-order valence-corrected chi connectivity index (χ3v) is 1.25. The molecule has 3 heteroatoms. The van der Waals surface area contributed by atoms with Crippen molar-refractivity contribution in [3.8, 4) is 0 Å². The number of carbonyl (C=O) groups is 1. The van der Waals surface area contributed by atoms with Gasteiger partial charge in [-0.3, -0.25) is 0 Å². The van der Waals surface area contributed by atoms with Gasteiger partial charge in [0.15, 0.2) is 0 Å². The summed E-state index contributed by atoms with van der Waals surface area (Å²) >= 11 is 0. The second-order valence-corrected chi connectivity index (χ2v) is 2.30. The predicted molar refractivity (Wildman–Crippen MR) is 44.5 cm³/mol. The number of hydrogen-bond acceptors (Lipinski definition) is 2. The largest absolute Gasteiger partial charge is 0.453 e. The highest BCUT2D eigenvalue weighted by Gasteiger charge is 1.95. The molecule has 0 rings (SSSR count). The van der Waals surface area contributed by atoms with Crippen molar-refractivity contribution >= 4 is 6.09 Å². The molecule has 0 aromatic heterocycles. The smallest absolute Gasteiger partial charge is 0.407 e. The first-order valence-electron chi connectivity index (χ1n) is 3.68. The van der Waals surface area contributed by atoms with Gasteiger partial charge in [0.25, 0.3) is 0 Å². The van der Waals surface area contributed by atoms with E-state index in [0.29, 0.717) is 6.54 Å². The number of nitrogens with one attached hydrogen (secondary N) is 1. The molecule has 0 aliphatic carbocycles. The summed E-state index contributed by atoms with van der Waals surface area (Å²) < 4.78 is 4.40. The van der Waals surface area contributed by atoms with Gasteiger partial charge >= 0.3 is 6.09 Å². The zero-order valence-corrected chi connectivity index (χ0v) is 7.31. The van der Waals surface area contributed by atoms with E-state index < -0.39 is 0 Å². The van der Waals surface area contributed by atoms with Gasteiger partial charge in [0, 0.05) is 6.54 Å². The molecule has 0 saturated carbocycles. The minimum atomic E-state index is -0.381. The second-order valence-electron chi connectivity index (χ2n) is 2.30. The van der Waals surface area contributed by atoms with Crippen LogP contribution in [0.25, 0.3) is 0 Å². The molecule has 0 fully saturated rings. The Hall–Kier alpha value is -0.990. The fourth-order valence-electron chi connectivity index (χ4n) is 0.704. The molecule has 64 valence electrons. The monoisotopic (exact) mass is 157 g/mol. The Morgan fingerprint density at radius 2 is 2.27 bits per heavy atom. The van der Waals surface area contributed by atoms with Gasteiger partial charge in [-0.2, -0.15) is 0 Å². The number of amides is 1. The molecule has 0 spiro atoms. The highest BCUT2D eigenvalue weighted by Crippen LogP contribution is 1.92. The third kappa shape index (κ3) is 5.45. The highest BCUT2D eigenvalue weighted by atomic mass is 16.5. The maximum atomic E-state index is 10.6. The van der Waals surface area contributed by atoms with Gasteiger partial charge in [-0.1, -0.05) is 18.6 Å². The SMILES string of the molecule is CC/C=C(\C)CNC(=O)OC. The van der Waals surface area contributed by atoms with Gasteiger partial charge in [0.05, 0.1) is 7.11 Å². The summed E-state index contributed by atoms with van der Waals surface area (Å²) in [6, 6.07) is 0. The van der Waals surface area contributed by atoms with Crippen LogP contribution in [0.15, 0.2) is 11.6 Å². The Kier molecular flexibility index (Phi) is 5.25. The molecule has 0 aromatic carbocycles. The van der Waals surface area contributed by atoms with Crippen molar-refractivity contribution in [2.45, 2.75) is 20.3 Å². The van der Waals surface area contributed by atoms with Crippen LogP contribution < -0.4 is 5.32 Å². The maximum Gasteiger partial charge on any atom is 0.407 e. The molecular formula is C8H15NO2. The van der Waals surface area contributed by atoms with E-state index in [4.69, 9.17) is 0 Å². The molecule has 1 N–H and O–H groups in total. The lowest BCUT2D eigenvalue weighted by Crippen LogP contribution is -2.24. The van der Waals surface area contributed by atoms with E-state index >= 15 is 0 Å². The second kappa shape index (κ2) is 5.77. The third-order valence-electron chi connectivity index (χ3n) is 1.25. The van der Waals surface area contributed by atoms with Crippen LogP contribution in [0.5, 0.6) is 0 Å². The summed E-state index contributed by atoms with van der Waals surface area (Å²) in [7, 11) is 1.36. The van der Waals surface area contributed by atoms with Crippen molar-refractivity contribution < 1.29 is 9.53 Å². The molecule has 0 aliphatic rings. The van der Waals surface area contributed by atoms with Crippen molar-refractivity contribution in [3.05, 3.63) is 11.6 Å². The van der Waals surface area contributed by atoms with Crippen LogP contribution in [-0.2, 0) is 4.74 Å². The Labute approximate surface area is 67.4 Å². The van der Waals surface area contributed by atoms with E-state index in [1.54, 1.807) is 0 Å². The molecule has 0 bridgehead atoms. The Morgan fingerprint density at radius 1 is 1.64 bits per heavy atom. The molecule has 0 heterocycles. The first-order chi connectivity index (χ1) is 5.20. The molecule has 0 aromatic rings. The average molecular weight is 157 g/mol. The first-order valence-corrected chi connectivity index (χ1v) is 3.68. The lowest BCUT2D eigenvalue weighted by molar-refractivity contribution is 0.172. The molecule has 11 heavy (non-hydrogen) atoms. The molecule has 0 saturated heterocycles. The summed E-state index contributed by atoms with van der Waals surface area (Å²) in [6.07, 6.45) is 2.68. The maximum absolute atomic E-state index is 10.6. The molecule has 1 amide bonds. The summed E-state index contributed by atoms with van der Waals surface area (Å²) in [5.74, 6) is 0. The number of carbonyl (C=O) groups excluding carboxylic acids is 1. The number of methoxy groups -OCH3 is 1. The predicted octanol–water partition coefficient (Wildman–Crippen LogP) is 1.70. The van der Waals surface area contributed by atoms with Gasteiger partial charge in [-0.25, -0.2) is 4.79 Å². The zero-order valence-electron chi connectivity index (χ0n) is 7.31. The molecule has 3 nitrogen and oxygen atoms in total. The number of alkyl carbamates (subject to hydrolysis) is 1. The van der Waals surface area contributed by atoms with E-state index in [0.717, 1.165) is 12.0 Å². The van der Waals surface area contributed by atoms with Gasteiger partial charge in [0.2, 0.25) is 0 Å². The lowest BCUT2D eigenvalue weighted by atomic mass is 10.2. The summed E-state index contributed by atoms with van der Waals surface area (Å²) in [4.78, 5) is 10.6. The molecule has 0 atom stereocenters. The fourth-order valence-corrected chi connectivity index (χ4v) is 0.704. The molecule has 0 unspecified atom stereocenters. The van der Waals surface area contributed by atoms with Gasteiger partial charge < -0.3 is 10.1 Å². The van der Waals surface area contributed by atoms with Gasteiger partial charge in [-0.15, -0.1) is 0 Å². The highest BCUT2D eigenvalue weighted by molar-refractivity contribution is 5.67. The topological polar surface area (TPSA) is 38.3 Å². The van der Waals surface area contributed by atoms with E-state index in [-0.39, 0.29) is 6.09 Å². The average Bonchev–Trinajstić information content (AvgIpc) is 2.01. The number of hydrogen-bond donors (Lipinski definition) is 1. The number of rotatable bonds is 3. The first kappa shape index (κ1) is 10.0.